The van der Waals surface area contributed by atoms with Gasteiger partial charge in [-0.25, -0.2) is 0 Å². The van der Waals surface area contributed by atoms with Gasteiger partial charge in [0, 0.05) is 6.04 Å². The average Bonchev–Trinajstić information content (AvgIpc) is 3.05. The Kier molecular flexibility index (Phi) is 3.11. The molecular formula is C14H21N. The molecule has 1 fully saturated rings. The summed E-state index contributed by atoms with van der Waals surface area (Å²) >= 11 is 0. The summed E-state index contributed by atoms with van der Waals surface area (Å²) < 4.78 is 0. The van der Waals surface area contributed by atoms with Crippen molar-refractivity contribution >= 4 is 0 Å². The maximum Gasteiger partial charge on any atom is 0.0346 e. The van der Waals surface area contributed by atoms with Crippen molar-refractivity contribution in [2.45, 2.75) is 32.7 Å². The van der Waals surface area contributed by atoms with Crippen molar-refractivity contribution in [3.05, 3.63) is 35.4 Å². The van der Waals surface area contributed by atoms with Crippen LogP contribution in [-0.2, 0) is 0 Å². The Morgan fingerprint density at radius 3 is 2.27 bits per heavy atom. The van der Waals surface area contributed by atoms with Gasteiger partial charge in [0.2, 0.25) is 0 Å². The van der Waals surface area contributed by atoms with Crippen molar-refractivity contribution in [3.8, 4) is 0 Å². The van der Waals surface area contributed by atoms with Gasteiger partial charge in [0.15, 0.2) is 0 Å². The van der Waals surface area contributed by atoms with E-state index in [4.69, 9.17) is 0 Å². The predicted molar refractivity (Wildman–Crippen MR) is 64.9 cm³/mol. The topological polar surface area (TPSA) is 12.0 Å². The van der Waals surface area contributed by atoms with Crippen molar-refractivity contribution in [2.24, 2.45) is 11.8 Å². The van der Waals surface area contributed by atoms with E-state index in [0.717, 1.165) is 11.8 Å². The first-order valence-corrected chi connectivity index (χ1v) is 5.96. The Morgan fingerprint density at radius 1 is 1.20 bits per heavy atom. The Morgan fingerprint density at radius 2 is 1.80 bits per heavy atom. The van der Waals surface area contributed by atoms with E-state index < -0.39 is 0 Å². The van der Waals surface area contributed by atoms with Crippen molar-refractivity contribution in [1.82, 2.24) is 5.32 Å². The van der Waals surface area contributed by atoms with Crippen molar-refractivity contribution < 1.29 is 0 Å². The molecule has 0 spiro atoms. The molecule has 1 nitrogen and oxygen atoms in total. The van der Waals surface area contributed by atoms with E-state index in [-0.39, 0.29) is 0 Å². The highest BCUT2D eigenvalue weighted by molar-refractivity contribution is 5.24. The standard InChI is InChI=1S/C14H21N/c1-10-4-6-13(7-5-10)14(15-3)11(2)12-8-9-12/h4-7,11-12,14-15H,8-9H2,1-3H3. The molecule has 0 aromatic heterocycles. The van der Waals surface area contributed by atoms with Gasteiger partial charge < -0.3 is 5.32 Å². The largest absolute Gasteiger partial charge is 0.313 e. The lowest BCUT2D eigenvalue weighted by molar-refractivity contribution is 0.369. The number of hydrogen-bond donors (Lipinski definition) is 1. The summed E-state index contributed by atoms with van der Waals surface area (Å²) in [5.74, 6) is 1.71. The lowest BCUT2D eigenvalue weighted by Crippen LogP contribution is -2.24. The molecule has 2 rings (SSSR count). The molecule has 82 valence electrons. The lowest BCUT2D eigenvalue weighted by atomic mass is 9.90. The molecule has 2 atom stereocenters. The van der Waals surface area contributed by atoms with Crippen molar-refractivity contribution in [1.29, 1.82) is 0 Å². The van der Waals surface area contributed by atoms with Crippen molar-refractivity contribution in [3.63, 3.8) is 0 Å². The molecule has 0 amide bonds. The lowest BCUT2D eigenvalue weighted by Gasteiger charge is -2.24. The molecular weight excluding hydrogens is 182 g/mol. The fourth-order valence-corrected chi connectivity index (χ4v) is 2.40. The molecule has 0 heterocycles. The van der Waals surface area contributed by atoms with Crippen LogP contribution in [0, 0.1) is 18.8 Å². The zero-order valence-electron chi connectivity index (χ0n) is 9.96. The highest BCUT2D eigenvalue weighted by Gasteiger charge is 2.33. The number of nitrogens with one attached hydrogen (secondary N) is 1. The summed E-state index contributed by atoms with van der Waals surface area (Å²) in [6, 6.07) is 9.46. The molecule has 1 N–H and O–H groups in total. The number of rotatable bonds is 4. The van der Waals surface area contributed by atoms with Gasteiger partial charge in [-0.05, 0) is 44.2 Å². The molecule has 1 aliphatic rings. The average molecular weight is 203 g/mol. The SMILES string of the molecule is CNC(c1ccc(C)cc1)C(C)C1CC1. The summed E-state index contributed by atoms with van der Waals surface area (Å²) in [4.78, 5) is 0. The first kappa shape index (κ1) is 10.7. The highest BCUT2D eigenvalue weighted by Crippen LogP contribution is 2.42. The van der Waals surface area contributed by atoms with Crippen LogP contribution in [0.3, 0.4) is 0 Å². The van der Waals surface area contributed by atoms with Gasteiger partial charge in [-0.1, -0.05) is 36.8 Å². The van der Waals surface area contributed by atoms with E-state index in [0.29, 0.717) is 6.04 Å². The van der Waals surface area contributed by atoms with Crippen LogP contribution < -0.4 is 5.32 Å². The molecule has 15 heavy (non-hydrogen) atoms. The molecule has 0 aliphatic heterocycles. The van der Waals surface area contributed by atoms with Crippen molar-refractivity contribution in [2.75, 3.05) is 7.05 Å². The van der Waals surface area contributed by atoms with Crippen LogP contribution in [0.5, 0.6) is 0 Å². The number of aryl methyl sites for hydroxylation is 1. The van der Waals surface area contributed by atoms with Crippen LogP contribution in [0.25, 0.3) is 0 Å². The van der Waals surface area contributed by atoms with E-state index in [1.54, 1.807) is 0 Å². The maximum absolute atomic E-state index is 3.46. The van der Waals surface area contributed by atoms with E-state index in [9.17, 15) is 0 Å². The summed E-state index contributed by atoms with van der Waals surface area (Å²) in [5.41, 5.74) is 2.77. The van der Waals surface area contributed by atoms with Gasteiger partial charge in [-0.15, -0.1) is 0 Å². The van der Waals surface area contributed by atoms with Gasteiger partial charge in [0.25, 0.3) is 0 Å². The summed E-state index contributed by atoms with van der Waals surface area (Å²) in [6.45, 7) is 4.52. The normalized spacial score (nSPS) is 19.9. The molecule has 1 aliphatic carbocycles. The minimum Gasteiger partial charge on any atom is -0.313 e. The van der Waals surface area contributed by atoms with E-state index in [2.05, 4.69) is 50.5 Å². The summed E-state index contributed by atoms with van der Waals surface area (Å²) in [7, 11) is 2.07. The molecule has 1 saturated carbocycles. The van der Waals surface area contributed by atoms with Crippen LogP contribution >= 0.6 is 0 Å². The third-order valence-electron chi connectivity index (χ3n) is 3.64. The Labute approximate surface area is 92.9 Å². The van der Waals surface area contributed by atoms with Gasteiger partial charge in [-0.2, -0.15) is 0 Å². The Hall–Kier alpha value is -0.820. The second-order valence-corrected chi connectivity index (χ2v) is 4.87. The third kappa shape index (κ3) is 2.40. The zero-order valence-corrected chi connectivity index (χ0v) is 9.96. The van der Waals surface area contributed by atoms with Gasteiger partial charge in [0.1, 0.15) is 0 Å². The van der Waals surface area contributed by atoms with Crippen LogP contribution in [0.15, 0.2) is 24.3 Å². The maximum atomic E-state index is 3.46. The van der Waals surface area contributed by atoms with Crippen LogP contribution in [-0.4, -0.2) is 7.05 Å². The first-order valence-electron chi connectivity index (χ1n) is 5.96. The molecule has 1 aromatic rings. The second kappa shape index (κ2) is 4.36. The van der Waals surface area contributed by atoms with Gasteiger partial charge in [0.05, 0.1) is 0 Å². The van der Waals surface area contributed by atoms with Gasteiger partial charge >= 0.3 is 0 Å². The molecule has 2 unspecified atom stereocenters. The zero-order chi connectivity index (χ0) is 10.8. The predicted octanol–water partition coefficient (Wildman–Crippen LogP) is 3.30. The molecule has 0 bridgehead atoms. The van der Waals surface area contributed by atoms with Gasteiger partial charge in [-0.3, -0.25) is 0 Å². The Bertz CT molecular complexity index is 311. The van der Waals surface area contributed by atoms with Crippen LogP contribution in [0.2, 0.25) is 0 Å². The third-order valence-corrected chi connectivity index (χ3v) is 3.64. The smallest absolute Gasteiger partial charge is 0.0346 e. The fraction of sp³-hybridized carbons (Fsp3) is 0.571. The molecule has 1 aromatic carbocycles. The minimum absolute atomic E-state index is 0.526. The quantitative estimate of drug-likeness (QED) is 0.791. The summed E-state index contributed by atoms with van der Waals surface area (Å²) in [5, 5.41) is 3.46. The van der Waals surface area contributed by atoms with Crippen LogP contribution in [0.1, 0.15) is 36.9 Å². The monoisotopic (exact) mass is 203 g/mol. The molecule has 0 saturated heterocycles. The molecule has 0 radical (unpaired) electrons. The number of hydrogen-bond acceptors (Lipinski definition) is 1. The van der Waals surface area contributed by atoms with E-state index in [1.165, 1.54) is 24.0 Å². The Balaban J connectivity index is 2.14. The molecule has 1 heteroatoms. The fourth-order valence-electron chi connectivity index (χ4n) is 2.40. The van der Waals surface area contributed by atoms with Crippen LogP contribution in [0.4, 0.5) is 0 Å². The van der Waals surface area contributed by atoms with E-state index in [1.807, 2.05) is 0 Å². The summed E-state index contributed by atoms with van der Waals surface area (Å²) in [6.07, 6.45) is 2.84. The first-order chi connectivity index (χ1) is 7.22. The number of benzene rings is 1. The second-order valence-electron chi connectivity index (χ2n) is 4.87. The minimum atomic E-state index is 0.526. The van der Waals surface area contributed by atoms with E-state index >= 15 is 0 Å². The highest BCUT2D eigenvalue weighted by atomic mass is 14.9.